The van der Waals surface area contributed by atoms with Crippen LogP contribution in [0.2, 0.25) is 0 Å². The normalized spacial score (nSPS) is 23.1. The standard InChI is InChI=1S/C19H21F3N4O.ClH/c1-25-10-17(24-11-25)18(27)26(9-16-14-6-23-7-15(14)16)8-12-3-2-4-13(5-12)19(20,21)22;/h2-5,10-11,14-16,23H,6-9H2,1H3;1H. The Morgan fingerprint density at radius 3 is 2.64 bits per heavy atom. The van der Waals surface area contributed by atoms with Crippen LogP contribution in [-0.4, -0.2) is 40.0 Å². The number of carbonyl (C=O) groups excluding carboxylic acids is 1. The van der Waals surface area contributed by atoms with E-state index in [0.29, 0.717) is 35.6 Å². The van der Waals surface area contributed by atoms with Gasteiger partial charge in [-0.1, -0.05) is 12.1 Å². The molecule has 1 aliphatic carbocycles. The molecule has 2 atom stereocenters. The van der Waals surface area contributed by atoms with Gasteiger partial charge in [0.25, 0.3) is 5.91 Å². The van der Waals surface area contributed by atoms with Gasteiger partial charge in [-0.3, -0.25) is 4.79 Å². The summed E-state index contributed by atoms with van der Waals surface area (Å²) >= 11 is 0. The molecular formula is C19H22ClF3N4O. The number of nitrogens with one attached hydrogen (secondary N) is 1. The number of aryl methyl sites for hydroxylation is 1. The van der Waals surface area contributed by atoms with E-state index in [-0.39, 0.29) is 24.9 Å². The second kappa shape index (κ2) is 7.75. The second-order valence-corrected chi connectivity index (χ2v) is 7.46. The highest BCUT2D eigenvalue weighted by molar-refractivity contribution is 5.92. The lowest BCUT2D eigenvalue weighted by molar-refractivity contribution is -0.137. The van der Waals surface area contributed by atoms with Gasteiger partial charge in [0.05, 0.1) is 11.9 Å². The van der Waals surface area contributed by atoms with Crippen LogP contribution in [0.25, 0.3) is 0 Å². The van der Waals surface area contributed by atoms with Gasteiger partial charge in [0.1, 0.15) is 5.69 Å². The minimum atomic E-state index is -4.40. The van der Waals surface area contributed by atoms with Gasteiger partial charge in [0, 0.05) is 26.3 Å². The number of benzene rings is 1. The number of nitrogens with zero attached hydrogens (tertiary/aromatic N) is 3. The average Bonchev–Trinajstić information content (AvgIpc) is 2.98. The maximum atomic E-state index is 13.0. The number of fused-ring (bicyclic) bond motifs is 1. The molecule has 1 amide bonds. The van der Waals surface area contributed by atoms with E-state index in [4.69, 9.17) is 0 Å². The SMILES string of the molecule is Cl.Cn1cnc(C(=O)N(Cc2cccc(C(F)(F)F)c2)CC2C3CNCC32)c1. The summed E-state index contributed by atoms with van der Waals surface area (Å²) in [4.78, 5) is 18.7. The summed E-state index contributed by atoms with van der Waals surface area (Å²) in [5.41, 5.74) is 0.0872. The Morgan fingerprint density at radius 1 is 1.32 bits per heavy atom. The van der Waals surface area contributed by atoms with Crippen molar-refractivity contribution in [1.29, 1.82) is 0 Å². The fourth-order valence-corrected chi connectivity index (χ4v) is 4.04. The molecule has 1 aromatic heterocycles. The van der Waals surface area contributed by atoms with Crippen LogP contribution in [0.3, 0.4) is 0 Å². The Morgan fingerprint density at radius 2 is 2.04 bits per heavy atom. The number of piperidine rings is 1. The molecule has 1 N–H and O–H groups in total. The van der Waals surface area contributed by atoms with E-state index in [1.807, 2.05) is 0 Å². The third-order valence-corrected chi connectivity index (χ3v) is 5.54. The first-order valence-corrected chi connectivity index (χ1v) is 8.97. The number of imidazole rings is 1. The number of halogens is 4. The summed E-state index contributed by atoms with van der Waals surface area (Å²) in [5, 5.41) is 3.32. The molecule has 9 heteroatoms. The lowest BCUT2D eigenvalue weighted by atomic mass is 10.1. The lowest BCUT2D eigenvalue weighted by Gasteiger charge is -2.23. The highest BCUT2D eigenvalue weighted by Crippen LogP contribution is 2.49. The van der Waals surface area contributed by atoms with Gasteiger partial charge in [-0.15, -0.1) is 12.4 Å². The van der Waals surface area contributed by atoms with Crippen LogP contribution in [0.1, 0.15) is 21.6 Å². The molecule has 2 fully saturated rings. The van der Waals surface area contributed by atoms with Crippen molar-refractivity contribution in [2.45, 2.75) is 12.7 Å². The molecule has 2 heterocycles. The van der Waals surface area contributed by atoms with E-state index in [1.54, 1.807) is 35.1 Å². The Balaban J connectivity index is 0.00000225. The summed E-state index contributed by atoms with van der Waals surface area (Å²) in [5.74, 6) is 1.28. The molecule has 4 rings (SSSR count). The molecule has 5 nitrogen and oxygen atoms in total. The van der Waals surface area contributed by atoms with Gasteiger partial charge in [0.15, 0.2) is 0 Å². The van der Waals surface area contributed by atoms with Crippen LogP contribution in [0.5, 0.6) is 0 Å². The highest BCUT2D eigenvalue weighted by atomic mass is 35.5. The van der Waals surface area contributed by atoms with E-state index >= 15 is 0 Å². The third kappa shape index (κ3) is 4.17. The molecule has 1 aromatic carbocycles. The molecule has 2 aliphatic rings. The first-order chi connectivity index (χ1) is 12.8. The number of alkyl halides is 3. The zero-order valence-electron chi connectivity index (χ0n) is 15.3. The van der Waals surface area contributed by atoms with Crippen molar-refractivity contribution in [1.82, 2.24) is 19.8 Å². The summed E-state index contributed by atoms with van der Waals surface area (Å²) in [6, 6.07) is 5.18. The largest absolute Gasteiger partial charge is 0.416 e. The summed E-state index contributed by atoms with van der Waals surface area (Å²) in [6.45, 7) is 2.58. The van der Waals surface area contributed by atoms with Crippen LogP contribution in [0.15, 0.2) is 36.8 Å². The van der Waals surface area contributed by atoms with Crippen molar-refractivity contribution < 1.29 is 18.0 Å². The van der Waals surface area contributed by atoms with Gasteiger partial charge in [-0.05, 0) is 48.5 Å². The summed E-state index contributed by atoms with van der Waals surface area (Å²) in [6.07, 6.45) is -1.22. The van der Waals surface area contributed by atoms with E-state index in [9.17, 15) is 18.0 Å². The minimum absolute atomic E-state index is 0. The predicted octanol–water partition coefficient (Wildman–Crippen LogP) is 2.97. The maximum Gasteiger partial charge on any atom is 0.416 e. The van der Waals surface area contributed by atoms with Gasteiger partial charge in [0.2, 0.25) is 0 Å². The average molecular weight is 415 g/mol. The Kier molecular flexibility index (Phi) is 5.72. The summed E-state index contributed by atoms with van der Waals surface area (Å²) < 4.78 is 40.7. The van der Waals surface area contributed by atoms with Crippen molar-refractivity contribution in [3.05, 3.63) is 53.6 Å². The summed E-state index contributed by atoms with van der Waals surface area (Å²) in [7, 11) is 1.78. The zero-order valence-corrected chi connectivity index (χ0v) is 16.1. The molecule has 2 unspecified atom stereocenters. The topological polar surface area (TPSA) is 50.2 Å². The van der Waals surface area contributed by atoms with Crippen LogP contribution < -0.4 is 5.32 Å². The van der Waals surface area contributed by atoms with E-state index < -0.39 is 11.7 Å². The predicted molar refractivity (Wildman–Crippen MR) is 100.0 cm³/mol. The smallest absolute Gasteiger partial charge is 0.340 e. The number of hydrogen-bond donors (Lipinski definition) is 1. The van der Waals surface area contributed by atoms with Crippen LogP contribution >= 0.6 is 12.4 Å². The number of rotatable bonds is 5. The molecule has 0 spiro atoms. The quantitative estimate of drug-likeness (QED) is 0.818. The lowest BCUT2D eigenvalue weighted by Crippen LogP contribution is -2.34. The van der Waals surface area contributed by atoms with Crippen LogP contribution in [-0.2, 0) is 19.8 Å². The monoisotopic (exact) mass is 414 g/mol. The fourth-order valence-electron chi connectivity index (χ4n) is 4.04. The number of hydrogen-bond acceptors (Lipinski definition) is 3. The van der Waals surface area contributed by atoms with Gasteiger partial charge in [-0.25, -0.2) is 4.98 Å². The fraction of sp³-hybridized carbons (Fsp3) is 0.474. The molecule has 1 saturated heterocycles. The van der Waals surface area contributed by atoms with Gasteiger partial charge >= 0.3 is 6.18 Å². The molecular weight excluding hydrogens is 393 g/mol. The minimum Gasteiger partial charge on any atom is -0.340 e. The van der Waals surface area contributed by atoms with Crippen molar-refractivity contribution in [2.24, 2.45) is 24.8 Å². The molecule has 2 aromatic rings. The third-order valence-electron chi connectivity index (χ3n) is 5.54. The molecule has 28 heavy (non-hydrogen) atoms. The molecule has 0 bridgehead atoms. The van der Waals surface area contributed by atoms with E-state index in [2.05, 4.69) is 10.3 Å². The first kappa shape index (κ1) is 20.7. The number of aromatic nitrogens is 2. The van der Waals surface area contributed by atoms with Crippen molar-refractivity contribution >= 4 is 18.3 Å². The Labute approximate surface area is 167 Å². The van der Waals surface area contributed by atoms with Crippen molar-refractivity contribution in [3.8, 4) is 0 Å². The zero-order chi connectivity index (χ0) is 19.2. The molecule has 1 saturated carbocycles. The number of carbonyl (C=O) groups is 1. The Hall–Kier alpha value is -2.06. The molecule has 152 valence electrons. The van der Waals surface area contributed by atoms with Crippen LogP contribution in [0.4, 0.5) is 13.2 Å². The Bertz CT molecular complexity index is 844. The van der Waals surface area contributed by atoms with Gasteiger partial charge in [-0.2, -0.15) is 13.2 Å². The van der Waals surface area contributed by atoms with Crippen LogP contribution in [0, 0.1) is 17.8 Å². The molecule has 0 radical (unpaired) electrons. The van der Waals surface area contributed by atoms with E-state index in [1.165, 1.54) is 6.07 Å². The second-order valence-electron chi connectivity index (χ2n) is 7.46. The van der Waals surface area contributed by atoms with Crippen molar-refractivity contribution in [3.63, 3.8) is 0 Å². The maximum absolute atomic E-state index is 13.0. The van der Waals surface area contributed by atoms with E-state index in [0.717, 1.165) is 25.2 Å². The molecule has 1 aliphatic heterocycles. The van der Waals surface area contributed by atoms with Gasteiger partial charge < -0.3 is 14.8 Å². The number of amides is 1. The van der Waals surface area contributed by atoms with Crippen molar-refractivity contribution in [2.75, 3.05) is 19.6 Å². The first-order valence-electron chi connectivity index (χ1n) is 8.97. The highest BCUT2D eigenvalue weighted by Gasteiger charge is 2.53.